The molecule has 1 rings (SSSR count). The molecule has 2 amide bonds. The van der Waals surface area contributed by atoms with Crippen LogP contribution in [-0.4, -0.2) is 56.1 Å². The van der Waals surface area contributed by atoms with Gasteiger partial charge in [-0.15, -0.1) is 0 Å². The Morgan fingerprint density at radius 3 is 2.44 bits per heavy atom. The maximum absolute atomic E-state index is 11.9. The quantitative estimate of drug-likeness (QED) is 0.787. The Balaban J connectivity index is 2.45. The summed E-state index contributed by atoms with van der Waals surface area (Å²) in [4.78, 5) is 15.6. The second-order valence-corrected chi connectivity index (χ2v) is 4.82. The molecule has 0 atom stereocenters. The van der Waals surface area contributed by atoms with Crippen LogP contribution in [0.5, 0.6) is 0 Å². The van der Waals surface area contributed by atoms with Crippen molar-refractivity contribution in [3.63, 3.8) is 0 Å². The van der Waals surface area contributed by atoms with E-state index in [1.807, 2.05) is 19.0 Å². The smallest absolute Gasteiger partial charge is 0.319 e. The molecule has 16 heavy (non-hydrogen) atoms. The van der Waals surface area contributed by atoms with Crippen molar-refractivity contribution < 1.29 is 4.79 Å². The first-order valence-electron chi connectivity index (χ1n) is 6.32. The van der Waals surface area contributed by atoms with Crippen molar-refractivity contribution in [2.75, 3.05) is 40.3 Å². The molecule has 94 valence electrons. The molecule has 0 spiro atoms. The minimum absolute atomic E-state index is 0.153. The predicted octanol–water partition coefficient (Wildman–Crippen LogP) is 1.38. The van der Waals surface area contributed by atoms with E-state index in [0.717, 1.165) is 32.6 Å². The molecule has 1 N–H and O–H groups in total. The summed E-state index contributed by atoms with van der Waals surface area (Å²) in [5.74, 6) is 0.677. The Labute approximate surface area is 99.0 Å². The van der Waals surface area contributed by atoms with Crippen LogP contribution >= 0.6 is 0 Å². The molecule has 1 heterocycles. The van der Waals surface area contributed by atoms with Crippen LogP contribution < -0.4 is 5.32 Å². The normalized spacial score (nSPS) is 17.2. The number of hydrogen-bond acceptors (Lipinski definition) is 2. The number of carbonyl (C=O) groups is 1. The Hall–Kier alpha value is -0.770. The lowest BCUT2D eigenvalue weighted by Gasteiger charge is -2.31. The van der Waals surface area contributed by atoms with Gasteiger partial charge in [0.1, 0.15) is 0 Å². The van der Waals surface area contributed by atoms with Crippen molar-refractivity contribution in [1.29, 1.82) is 0 Å². The van der Waals surface area contributed by atoms with E-state index >= 15 is 0 Å². The van der Waals surface area contributed by atoms with E-state index in [-0.39, 0.29) is 6.03 Å². The second kappa shape index (κ2) is 6.74. The van der Waals surface area contributed by atoms with Gasteiger partial charge in [-0.05, 0) is 38.3 Å². The molecule has 1 fully saturated rings. The molecule has 1 saturated heterocycles. The molecular formula is C12H25N3O. The maximum Gasteiger partial charge on any atom is 0.319 e. The zero-order chi connectivity index (χ0) is 12.0. The molecule has 4 heteroatoms. The van der Waals surface area contributed by atoms with E-state index in [2.05, 4.69) is 12.2 Å². The number of amides is 2. The summed E-state index contributed by atoms with van der Waals surface area (Å²) in [5, 5.41) is 3.36. The third-order valence-electron chi connectivity index (χ3n) is 3.08. The molecular weight excluding hydrogens is 202 g/mol. The first-order valence-corrected chi connectivity index (χ1v) is 6.32. The Morgan fingerprint density at radius 2 is 1.94 bits per heavy atom. The molecule has 0 aromatic rings. The van der Waals surface area contributed by atoms with Crippen LogP contribution in [0, 0.1) is 5.92 Å². The van der Waals surface area contributed by atoms with Crippen molar-refractivity contribution in [3.8, 4) is 0 Å². The SMILES string of the molecule is CCCN(CC1CCNCC1)C(=O)N(C)C. The number of urea groups is 1. The lowest BCUT2D eigenvalue weighted by atomic mass is 9.97. The second-order valence-electron chi connectivity index (χ2n) is 4.82. The van der Waals surface area contributed by atoms with Gasteiger partial charge in [-0.25, -0.2) is 4.79 Å². The molecule has 0 bridgehead atoms. The zero-order valence-corrected chi connectivity index (χ0v) is 10.8. The molecule has 0 aliphatic carbocycles. The summed E-state index contributed by atoms with van der Waals surface area (Å²) >= 11 is 0. The summed E-state index contributed by atoms with van der Waals surface area (Å²) in [6.45, 7) is 6.12. The summed E-state index contributed by atoms with van der Waals surface area (Å²) in [7, 11) is 3.65. The monoisotopic (exact) mass is 227 g/mol. The average molecular weight is 227 g/mol. The highest BCUT2D eigenvalue weighted by Crippen LogP contribution is 2.14. The van der Waals surface area contributed by atoms with Crippen LogP contribution in [0.1, 0.15) is 26.2 Å². The number of nitrogens with zero attached hydrogens (tertiary/aromatic N) is 2. The lowest BCUT2D eigenvalue weighted by molar-refractivity contribution is 0.156. The highest BCUT2D eigenvalue weighted by atomic mass is 16.2. The van der Waals surface area contributed by atoms with Gasteiger partial charge >= 0.3 is 6.03 Å². The van der Waals surface area contributed by atoms with E-state index < -0.39 is 0 Å². The van der Waals surface area contributed by atoms with E-state index in [9.17, 15) is 4.79 Å². The van der Waals surface area contributed by atoms with Crippen molar-refractivity contribution in [1.82, 2.24) is 15.1 Å². The molecule has 0 saturated carbocycles. The molecule has 1 aliphatic rings. The number of nitrogens with one attached hydrogen (secondary N) is 1. The number of hydrogen-bond donors (Lipinski definition) is 1. The van der Waals surface area contributed by atoms with E-state index in [1.165, 1.54) is 12.8 Å². The number of piperidine rings is 1. The van der Waals surface area contributed by atoms with Gasteiger partial charge in [0, 0.05) is 27.2 Å². The van der Waals surface area contributed by atoms with Crippen LogP contribution in [-0.2, 0) is 0 Å². The van der Waals surface area contributed by atoms with E-state index in [0.29, 0.717) is 5.92 Å². The van der Waals surface area contributed by atoms with Crippen LogP contribution in [0.2, 0.25) is 0 Å². The Morgan fingerprint density at radius 1 is 1.31 bits per heavy atom. The fraction of sp³-hybridized carbons (Fsp3) is 0.917. The number of rotatable bonds is 4. The molecule has 0 aromatic carbocycles. The topological polar surface area (TPSA) is 35.6 Å². The van der Waals surface area contributed by atoms with Gasteiger partial charge in [-0.1, -0.05) is 6.92 Å². The lowest BCUT2D eigenvalue weighted by Crippen LogP contribution is -2.44. The van der Waals surface area contributed by atoms with Crippen molar-refractivity contribution in [3.05, 3.63) is 0 Å². The van der Waals surface area contributed by atoms with Gasteiger partial charge in [0.2, 0.25) is 0 Å². The number of carbonyl (C=O) groups excluding carboxylic acids is 1. The molecule has 0 radical (unpaired) electrons. The Bertz CT molecular complexity index is 212. The standard InChI is InChI=1S/C12H25N3O/c1-4-9-15(12(16)14(2)3)10-11-5-7-13-8-6-11/h11,13H,4-10H2,1-3H3. The van der Waals surface area contributed by atoms with Gasteiger partial charge < -0.3 is 15.1 Å². The zero-order valence-electron chi connectivity index (χ0n) is 10.8. The van der Waals surface area contributed by atoms with Crippen molar-refractivity contribution >= 4 is 6.03 Å². The molecule has 0 unspecified atom stereocenters. The average Bonchev–Trinajstić information content (AvgIpc) is 2.29. The largest absolute Gasteiger partial charge is 0.331 e. The maximum atomic E-state index is 11.9. The van der Waals surface area contributed by atoms with Crippen LogP contribution in [0.25, 0.3) is 0 Å². The minimum atomic E-state index is 0.153. The highest BCUT2D eigenvalue weighted by Gasteiger charge is 2.20. The molecule has 0 aromatic heterocycles. The summed E-state index contributed by atoms with van der Waals surface area (Å²) in [6.07, 6.45) is 3.42. The highest BCUT2D eigenvalue weighted by molar-refractivity contribution is 5.73. The minimum Gasteiger partial charge on any atom is -0.331 e. The van der Waals surface area contributed by atoms with Gasteiger partial charge in [0.05, 0.1) is 0 Å². The van der Waals surface area contributed by atoms with Crippen molar-refractivity contribution in [2.45, 2.75) is 26.2 Å². The molecule has 1 aliphatic heterocycles. The fourth-order valence-electron chi connectivity index (χ4n) is 2.19. The van der Waals surface area contributed by atoms with Crippen LogP contribution in [0.4, 0.5) is 4.79 Å². The van der Waals surface area contributed by atoms with Crippen LogP contribution in [0.15, 0.2) is 0 Å². The van der Waals surface area contributed by atoms with E-state index in [4.69, 9.17) is 0 Å². The van der Waals surface area contributed by atoms with Gasteiger partial charge in [0.25, 0.3) is 0 Å². The van der Waals surface area contributed by atoms with Crippen molar-refractivity contribution in [2.24, 2.45) is 5.92 Å². The summed E-state index contributed by atoms with van der Waals surface area (Å²) in [6, 6.07) is 0.153. The van der Waals surface area contributed by atoms with Crippen LogP contribution in [0.3, 0.4) is 0 Å². The van der Waals surface area contributed by atoms with E-state index in [1.54, 1.807) is 4.90 Å². The molecule has 4 nitrogen and oxygen atoms in total. The predicted molar refractivity (Wildman–Crippen MR) is 66.5 cm³/mol. The third kappa shape index (κ3) is 4.00. The van der Waals surface area contributed by atoms with Gasteiger partial charge in [0.15, 0.2) is 0 Å². The summed E-state index contributed by atoms with van der Waals surface area (Å²) < 4.78 is 0. The first-order chi connectivity index (χ1) is 7.65. The fourth-order valence-corrected chi connectivity index (χ4v) is 2.19. The third-order valence-corrected chi connectivity index (χ3v) is 3.08. The van der Waals surface area contributed by atoms with Gasteiger partial charge in [-0.2, -0.15) is 0 Å². The first kappa shape index (κ1) is 13.3. The van der Waals surface area contributed by atoms with Gasteiger partial charge in [-0.3, -0.25) is 0 Å². The Kier molecular flexibility index (Phi) is 5.60. The summed E-state index contributed by atoms with van der Waals surface area (Å²) in [5.41, 5.74) is 0.